The Bertz CT molecular complexity index is 2760. The van der Waals surface area contributed by atoms with Crippen LogP contribution in [-0.4, -0.2) is 109 Å². The molecule has 5 rings (SSSR count). The summed E-state index contributed by atoms with van der Waals surface area (Å²) in [6.07, 6.45) is 4.94. The van der Waals surface area contributed by atoms with Crippen LogP contribution in [0.15, 0.2) is 80.9 Å². The lowest BCUT2D eigenvalue weighted by molar-refractivity contribution is -0.438. The maximum atomic E-state index is 14.2. The molecule has 62 heavy (non-hydrogen) atoms. The zero-order valence-corrected chi connectivity index (χ0v) is 37.6. The Balaban J connectivity index is 1.65. The van der Waals surface area contributed by atoms with E-state index in [0.717, 1.165) is 0 Å². The maximum Gasteiger partial charge on any atom is 0.303 e. The number of aliphatic carboxylic acids is 1. The second-order valence-electron chi connectivity index (χ2n) is 16.1. The third kappa shape index (κ3) is 10.6. The number of benzene rings is 2. The molecule has 0 amide bonds. The highest BCUT2D eigenvalue weighted by Gasteiger charge is 2.50. The van der Waals surface area contributed by atoms with Gasteiger partial charge in [0, 0.05) is 53.9 Å². The number of aliphatic hydroxyl groups is 1. The van der Waals surface area contributed by atoms with E-state index in [1.807, 2.05) is 0 Å². The lowest BCUT2D eigenvalue weighted by atomic mass is 9.73. The average Bonchev–Trinajstić information content (AvgIpc) is 3.54. The molecule has 2 heterocycles. The van der Waals surface area contributed by atoms with E-state index in [2.05, 4.69) is 0 Å². The molecule has 6 N–H and O–H groups in total. The molecule has 18 nitrogen and oxygen atoms in total. The monoisotopic (exact) mass is 943 g/mol. The van der Waals surface area contributed by atoms with Crippen LogP contribution < -0.4 is 4.90 Å². The van der Waals surface area contributed by atoms with Gasteiger partial charge in [-0.1, -0.05) is 12.8 Å². The van der Waals surface area contributed by atoms with Crippen LogP contribution in [0.2, 0.25) is 0 Å². The first-order valence-corrected chi connectivity index (χ1v) is 25.9. The van der Waals surface area contributed by atoms with Crippen molar-refractivity contribution in [2.75, 3.05) is 29.5 Å². The number of rotatable bonds is 21. The molecule has 3 aliphatic rings. The van der Waals surface area contributed by atoms with Crippen LogP contribution >= 0.6 is 0 Å². The van der Waals surface area contributed by atoms with E-state index in [1.165, 1.54) is 48.6 Å². The van der Waals surface area contributed by atoms with Crippen molar-refractivity contribution in [2.24, 2.45) is 0 Å². The molecule has 2 aromatic carbocycles. The number of anilines is 1. The third-order valence-corrected chi connectivity index (χ3v) is 15.1. The molecule has 340 valence electrons. The molecule has 0 saturated heterocycles. The Labute approximate surface area is 361 Å². The highest BCUT2D eigenvalue weighted by molar-refractivity contribution is 7.86. The normalized spacial score (nSPS) is 21.9. The molecule has 0 radical (unpaired) electrons. The second kappa shape index (κ2) is 18.1. The zero-order chi connectivity index (χ0) is 46.2. The lowest BCUT2D eigenvalue weighted by Crippen LogP contribution is -2.34. The van der Waals surface area contributed by atoms with Crippen molar-refractivity contribution in [3.05, 3.63) is 82.3 Å². The van der Waals surface area contributed by atoms with Crippen LogP contribution in [0.3, 0.4) is 0 Å². The Kier molecular flexibility index (Phi) is 14.2. The van der Waals surface area contributed by atoms with Gasteiger partial charge in [0.2, 0.25) is 11.5 Å². The molecule has 0 bridgehead atoms. The number of fused-ring (bicyclic) bond motifs is 2. The molecule has 22 heteroatoms. The summed E-state index contributed by atoms with van der Waals surface area (Å²) in [5.74, 6) is -3.08. The summed E-state index contributed by atoms with van der Waals surface area (Å²) in [6.45, 7) is 5.84. The van der Waals surface area contributed by atoms with Gasteiger partial charge in [-0.05, 0) is 101 Å². The van der Waals surface area contributed by atoms with Crippen LogP contribution in [0.4, 0.5) is 11.4 Å². The highest BCUT2D eigenvalue weighted by Crippen LogP contribution is 2.52. The first kappa shape index (κ1) is 48.7. The van der Waals surface area contributed by atoms with Gasteiger partial charge >= 0.3 is 5.97 Å². The molecule has 0 aromatic heterocycles. The molecule has 0 saturated carbocycles. The summed E-state index contributed by atoms with van der Waals surface area (Å²) in [6, 6.07) is 7.98. The molecule has 2 atom stereocenters. The molecule has 0 spiro atoms. The van der Waals surface area contributed by atoms with Gasteiger partial charge in [0.25, 0.3) is 40.5 Å². The van der Waals surface area contributed by atoms with E-state index in [1.54, 1.807) is 30.2 Å². The largest absolute Gasteiger partial charge is 0.506 e. The number of likely N-dealkylation sites (N-methyl/N-ethyl adjacent to an activating group) is 1. The third-order valence-electron chi connectivity index (χ3n) is 11.8. The predicted molar refractivity (Wildman–Crippen MR) is 227 cm³/mol. The van der Waals surface area contributed by atoms with Gasteiger partial charge in [0.1, 0.15) is 12.3 Å². The van der Waals surface area contributed by atoms with E-state index >= 15 is 0 Å². The first-order chi connectivity index (χ1) is 28.6. The quantitative estimate of drug-likeness (QED) is 0.0400. The fourth-order valence-electron chi connectivity index (χ4n) is 8.65. The minimum absolute atomic E-state index is 0.0131. The molecule has 2 aromatic rings. The fourth-order valence-corrected chi connectivity index (χ4v) is 10.8. The minimum Gasteiger partial charge on any atom is -0.506 e. The van der Waals surface area contributed by atoms with E-state index in [9.17, 15) is 66.6 Å². The average molecular weight is 944 g/mol. The summed E-state index contributed by atoms with van der Waals surface area (Å²) < 4.78 is 136. The van der Waals surface area contributed by atoms with E-state index in [-0.39, 0.29) is 62.6 Å². The standard InChI is InChI=1S/C40H50N2O16S4/c1-4-41-32-15-13-26(61(53,54)55)22-30(32)39(2,17-7-10-20-59(47,48)49)34(41)24-28-37(45)29(38(28)46)25-35-40(3,18-8-11-21-60(50,51)52)31-23-27(62(56,57)58)14-16-33(31)42(35)19-9-5-6-12-36(43)44/h13-16,22-25H,4-12,17-21H2,1-3H3,(H5-,43,44,45,46,47,48,49,50,51,52,53,54,55,56,57,58)/p+1. The van der Waals surface area contributed by atoms with E-state index in [4.69, 9.17) is 5.11 Å². The maximum absolute atomic E-state index is 14.2. The molecule has 1 aliphatic carbocycles. The van der Waals surface area contributed by atoms with Crippen molar-refractivity contribution in [1.29, 1.82) is 0 Å². The number of hydrogen-bond donors (Lipinski definition) is 6. The van der Waals surface area contributed by atoms with Crippen molar-refractivity contribution in [3.8, 4) is 0 Å². The molecular weight excluding hydrogens is 893 g/mol. The Morgan fingerprint density at radius 3 is 1.79 bits per heavy atom. The number of nitrogens with zero attached hydrogens (tertiary/aromatic N) is 2. The Morgan fingerprint density at radius 1 is 0.726 bits per heavy atom. The summed E-state index contributed by atoms with van der Waals surface area (Å²) in [4.78, 5) is 26.4. The number of allylic oxidation sites excluding steroid dienone is 5. The minimum atomic E-state index is -4.70. The predicted octanol–water partition coefficient (Wildman–Crippen LogP) is 5.30. The molecule has 2 unspecified atom stereocenters. The van der Waals surface area contributed by atoms with Gasteiger partial charge in [0.15, 0.2) is 5.71 Å². The van der Waals surface area contributed by atoms with Gasteiger partial charge in [-0.15, -0.1) is 0 Å². The van der Waals surface area contributed by atoms with Crippen molar-refractivity contribution < 1.29 is 76.3 Å². The number of ketones is 1. The number of carboxylic acids is 1. The van der Waals surface area contributed by atoms with Crippen LogP contribution in [-0.2, 0) is 60.9 Å². The van der Waals surface area contributed by atoms with Crippen LogP contribution in [0.25, 0.3) is 0 Å². The SMILES string of the molecule is CCN1/C(=C/C2=C(O)C(=C\C3=[N+](CCCCCC(=O)O)c4ccc(S(=O)(=O)O)cc4C3(C)CCCCS(=O)(=O)O)/C2=O)C(C)(CCCCS(=O)(=O)O)c2cc(S(=O)(=O)O)ccc21. The van der Waals surface area contributed by atoms with Crippen LogP contribution in [0.1, 0.15) is 96.1 Å². The van der Waals surface area contributed by atoms with Gasteiger partial charge in [-0.2, -0.15) is 38.2 Å². The summed E-state index contributed by atoms with van der Waals surface area (Å²) in [5, 5.41) is 20.9. The van der Waals surface area contributed by atoms with E-state index in [0.29, 0.717) is 59.7 Å². The smallest absolute Gasteiger partial charge is 0.303 e. The summed E-state index contributed by atoms with van der Waals surface area (Å²) >= 11 is 0. The number of carbonyl (C=O) groups excluding carboxylic acids is 1. The molecular formula is C40H51N2O16S4+. The van der Waals surface area contributed by atoms with Crippen molar-refractivity contribution in [2.45, 2.75) is 106 Å². The number of hydrogen-bond acceptors (Lipinski definition) is 12. The summed E-state index contributed by atoms with van der Waals surface area (Å²) in [5.41, 5.74) is 0.234. The van der Waals surface area contributed by atoms with Gasteiger partial charge in [-0.3, -0.25) is 27.8 Å². The summed E-state index contributed by atoms with van der Waals surface area (Å²) in [7, 11) is -18.0. The number of carbonyl (C=O) groups is 2. The lowest BCUT2D eigenvalue weighted by Gasteiger charge is -2.31. The highest BCUT2D eigenvalue weighted by atomic mass is 32.2. The number of unbranched alkanes of at least 4 members (excludes halogenated alkanes) is 4. The van der Waals surface area contributed by atoms with Crippen LogP contribution in [0, 0.1) is 0 Å². The fraction of sp³-hybridized carbons (Fsp3) is 0.475. The zero-order valence-electron chi connectivity index (χ0n) is 34.3. The molecule has 0 fully saturated rings. The van der Waals surface area contributed by atoms with Crippen molar-refractivity contribution >= 4 is 69.3 Å². The second-order valence-corrected chi connectivity index (χ2v) is 22.1. The number of aliphatic hydroxyl groups excluding tert-OH is 1. The van der Waals surface area contributed by atoms with Crippen molar-refractivity contribution in [3.63, 3.8) is 0 Å². The molecule has 2 aliphatic heterocycles. The first-order valence-electron chi connectivity index (χ1n) is 19.8. The number of Topliss-reactive ketones (excluding diaryl/α,β-unsaturated/α-hetero) is 1. The van der Waals surface area contributed by atoms with Gasteiger partial charge < -0.3 is 15.1 Å². The van der Waals surface area contributed by atoms with Crippen molar-refractivity contribution in [1.82, 2.24) is 0 Å². The topological polar surface area (TPSA) is 298 Å². The van der Waals surface area contributed by atoms with Gasteiger partial charge in [0.05, 0.1) is 37.9 Å². The van der Waals surface area contributed by atoms with Crippen LogP contribution in [0.5, 0.6) is 0 Å². The van der Waals surface area contributed by atoms with Gasteiger partial charge in [-0.25, -0.2) is 0 Å². The number of carboxylic acid groups (broad SMARTS) is 1. The Hall–Kier alpha value is -4.29. The van der Waals surface area contributed by atoms with E-state index < -0.39 is 90.1 Å². The Morgan fingerprint density at radius 2 is 1.27 bits per heavy atom.